The largest absolute Gasteiger partial charge is 0.454 e. The van der Waals surface area contributed by atoms with Crippen molar-refractivity contribution in [2.24, 2.45) is 0 Å². The van der Waals surface area contributed by atoms with Crippen LogP contribution in [0, 0.1) is 0 Å². The van der Waals surface area contributed by atoms with Gasteiger partial charge in [0, 0.05) is 30.3 Å². The number of benzene rings is 1. The quantitative estimate of drug-likeness (QED) is 0.906. The molecule has 5 heteroatoms. The van der Waals surface area contributed by atoms with Gasteiger partial charge >= 0.3 is 0 Å². The minimum atomic E-state index is -0.0202. The molecule has 0 saturated carbocycles. The Morgan fingerprint density at radius 3 is 2.89 bits per heavy atom. The summed E-state index contributed by atoms with van der Waals surface area (Å²) in [5, 5.41) is 4.03. The van der Waals surface area contributed by atoms with Gasteiger partial charge in [-0.25, -0.2) is 0 Å². The molecule has 1 aromatic rings. The fourth-order valence-electron chi connectivity index (χ4n) is 2.70. The number of hydrogen-bond acceptors (Lipinski definition) is 4. The van der Waals surface area contributed by atoms with Gasteiger partial charge < -0.3 is 19.5 Å². The Bertz CT molecular complexity index is 484. The van der Waals surface area contributed by atoms with Gasteiger partial charge in [0.15, 0.2) is 11.5 Å². The second-order valence-electron chi connectivity index (χ2n) is 5.14. The Balaban J connectivity index is 2.11. The van der Waals surface area contributed by atoms with E-state index in [1.165, 1.54) is 0 Å². The van der Waals surface area contributed by atoms with Gasteiger partial charge in [-0.2, -0.15) is 0 Å². The number of nitrogens with one attached hydrogen (secondary N) is 1. The fraction of sp³-hybridized carbons (Fsp3) is 0.571. The first-order chi connectivity index (χ1) is 9.18. The monoisotopic (exact) mass is 283 g/mol. The summed E-state index contributed by atoms with van der Waals surface area (Å²) in [5.74, 6) is 1.86. The van der Waals surface area contributed by atoms with Crippen molar-refractivity contribution >= 4 is 11.6 Å². The Labute approximate surface area is 118 Å². The smallest absolute Gasteiger partial charge is 0.231 e. The molecule has 1 saturated heterocycles. The highest BCUT2D eigenvalue weighted by atomic mass is 35.5. The lowest BCUT2D eigenvalue weighted by Crippen LogP contribution is -2.34. The van der Waals surface area contributed by atoms with Crippen molar-refractivity contribution in [3.8, 4) is 11.5 Å². The predicted molar refractivity (Wildman–Crippen MR) is 73.2 cm³/mol. The molecule has 0 amide bonds. The highest BCUT2D eigenvalue weighted by Gasteiger charge is 2.30. The van der Waals surface area contributed by atoms with Crippen LogP contribution in [0.5, 0.6) is 11.5 Å². The van der Waals surface area contributed by atoms with Gasteiger partial charge in [0.1, 0.15) is 0 Å². The van der Waals surface area contributed by atoms with Crippen LogP contribution in [0.2, 0.25) is 5.02 Å². The van der Waals surface area contributed by atoms with Crippen molar-refractivity contribution in [2.75, 3.05) is 26.5 Å². The predicted octanol–water partition coefficient (Wildman–Crippen LogP) is 2.85. The van der Waals surface area contributed by atoms with Crippen molar-refractivity contribution in [2.45, 2.75) is 25.9 Å². The van der Waals surface area contributed by atoms with E-state index in [-0.39, 0.29) is 12.9 Å². The number of halogens is 1. The molecule has 1 fully saturated rings. The average molecular weight is 284 g/mol. The molecule has 2 aliphatic heterocycles. The third-order valence-electron chi connectivity index (χ3n) is 3.52. The van der Waals surface area contributed by atoms with Gasteiger partial charge in [-0.15, -0.1) is 0 Å². The van der Waals surface area contributed by atoms with Crippen LogP contribution in [0.4, 0.5) is 0 Å². The fourth-order valence-corrected chi connectivity index (χ4v) is 3.02. The number of ether oxygens (including phenoxy) is 3. The molecule has 104 valence electrons. The van der Waals surface area contributed by atoms with Crippen molar-refractivity contribution in [3.05, 3.63) is 22.2 Å². The molecular weight excluding hydrogens is 266 g/mol. The van der Waals surface area contributed by atoms with Gasteiger partial charge in [-0.05, 0) is 5.92 Å². The topological polar surface area (TPSA) is 39.7 Å². The minimum Gasteiger partial charge on any atom is -0.454 e. The summed E-state index contributed by atoms with van der Waals surface area (Å²) in [6.07, 6.45) is -0.0202. The van der Waals surface area contributed by atoms with Gasteiger partial charge in [-0.3, -0.25) is 0 Å². The summed E-state index contributed by atoms with van der Waals surface area (Å²) in [6.45, 7) is 6.89. The van der Waals surface area contributed by atoms with E-state index >= 15 is 0 Å². The SMILES string of the molecule is CC(C)c1c2c(cc(Cl)c1C1CNCCO1)OCO2. The molecule has 0 bridgehead atoms. The van der Waals surface area contributed by atoms with E-state index in [4.69, 9.17) is 25.8 Å². The lowest BCUT2D eigenvalue weighted by Gasteiger charge is -2.28. The number of rotatable bonds is 2. The number of hydrogen-bond donors (Lipinski definition) is 1. The summed E-state index contributed by atoms with van der Waals surface area (Å²) >= 11 is 6.45. The summed E-state index contributed by atoms with van der Waals surface area (Å²) in [6, 6.07) is 1.84. The molecule has 0 radical (unpaired) electrons. The molecule has 2 heterocycles. The highest BCUT2D eigenvalue weighted by molar-refractivity contribution is 6.31. The van der Waals surface area contributed by atoms with Crippen LogP contribution in [-0.2, 0) is 4.74 Å². The standard InChI is InChI=1S/C14H18ClNO3/c1-8(2)12-13(11-6-16-3-4-17-11)9(15)5-10-14(12)19-7-18-10/h5,8,11,16H,3-4,6-7H2,1-2H3. The first kappa shape index (κ1) is 13.0. The molecule has 0 aromatic heterocycles. The Morgan fingerprint density at radius 2 is 2.21 bits per heavy atom. The maximum Gasteiger partial charge on any atom is 0.231 e. The van der Waals surface area contributed by atoms with E-state index < -0.39 is 0 Å². The maximum absolute atomic E-state index is 6.45. The molecular formula is C14H18ClNO3. The lowest BCUT2D eigenvalue weighted by atomic mass is 9.92. The van der Waals surface area contributed by atoms with Crippen molar-refractivity contribution < 1.29 is 14.2 Å². The number of morpholine rings is 1. The Morgan fingerprint density at radius 1 is 1.37 bits per heavy atom. The molecule has 19 heavy (non-hydrogen) atoms. The van der Waals surface area contributed by atoms with Crippen LogP contribution < -0.4 is 14.8 Å². The second-order valence-corrected chi connectivity index (χ2v) is 5.54. The van der Waals surface area contributed by atoms with E-state index in [1.54, 1.807) is 0 Å². The van der Waals surface area contributed by atoms with Gasteiger partial charge in [0.05, 0.1) is 17.7 Å². The highest BCUT2D eigenvalue weighted by Crippen LogP contribution is 2.47. The van der Waals surface area contributed by atoms with E-state index in [9.17, 15) is 0 Å². The van der Waals surface area contributed by atoms with Crippen LogP contribution in [0.15, 0.2) is 6.07 Å². The van der Waals surface area contributed by atoms with E-state index in [0.29, 0.717) is 17.5 Å². The zero-order chi connectivity index (χ0) is 13.4. The summed E-state index contributed by atoms with van der Waals surface area (Å²) in [4.78, 5) is 0. The normalized spacial score (nSPS) is 22.0. The van der Waals surface area contributed by atoms with Gasteiger partial charge in [0.25, 0.3) is 0 Å². The van der Waals surface area contributed by atoms with Crippen molar-refractivity contribution in [1.29, 1.82) is 0 Å². The Hall–Kier alpha value is -0.970. The molecule has 1 atom stereocenters. The van der Waals surface area contributed by atoms with E-state index in [0.717, 1.165) is 35.7 Å². The minimum absolute atomic E-state index is 0.0202. The third-order valence-corrected chi connectivity index (χ3v) is 3.83. The summed E-state index contributed by atoms with van der Waals surface area (Å²) < 4.78 is 16.9. The molecule has 0 aliphatic carbocycles. The molecule has 3 rings (SSSR count). The number of fused-ring (bicyclic) bond motifs is 1. The third kappa shape index (κ3) is 2.29. The van der Waals surface area contributed by atoms with Crippen molar-refractivity contribution in [1.82, 2.24) is 5.32 Å². The Kier molecular flexibility index (Phi) is 3.56. The second kappa shape index (κ2) is 5.19. The molecule has 0 spiro atoms. The lowest BCUT2D eigenvalue weighted by molar-refractivity contribution is 0.0269. The maximum atomic E-state index is 6.45. The molecule has 1 aromatic carbocycles. The average Bonchev–Trinajstić information content (AvgIpc) is 2.85. The van der Waals surface area contributed by atoms with Crippen LogP contribution in [-0.4, -0.2) is 26.5 Å². The molecule has 2 aliphatic rings. The molecule has 4 nitrogen and oxygen atoms in total. The zero-order valence-corrected chi connectivity index (χ0v) is 11.9. The first-order valence-electron chi connectivity index (χ1n) is 6.62. The summed E-state index contributed by atoms with van der Waals surface area (Å²) in [7, 11) is 0. The van der Waals surface area contributed by atoms with E-state index in [1.807, 2.05) is 6.07 Å². The van der Waals surface area contributed by atoms with Crippen LogP contribution in [0.1, 0.15) is 37.0 Å². The van der Waals surface area contributed by atoms with Crippen LogP contribution >= 0.6 is 11.6 Å². The zero-order valence-electron chi connectivity index (χ0n) is 11.2. The summed E-state index contributed by atoms with van der Waals surface area (Å²) in [5.41, 5.74) is 2.14. The van der Waals surface area contributed by atoms with E-state index in [2.05, 4.69) is 19.2 Å². The van der Waals surface area contributed by atoms with Crippen LogP contribution in [0.3, 0.4) is 0 Å². The van der Waals surface area contributed by atoms with Gasteiger partial charge in [-0.1, -0.05) is 25.4 Å². The molecule has 1 unspecified atom stereocenters. The van der Waals surface area contributed by atoms with Gasteiger partial charge in [0.2, 0.25) is 6.79 Å². The van der Waals surface area contributed by atoms with Crippen molar-refractivity contribution in [3.63, 3.8) is 0 Å². The molecule has 1 N–H and O–H groups in total. The van der Waals surface area contributed by atoms with Crippen LogP contribution in [0.25, 0.3) is 0 Å². The first-order valence-corrected chi connectivity index (χ1v) is 7.00.